The van der Waals surface area contributed by atoms with Crippen molar-refractivity contribution < 1.29 is 17.7 Å². The summed E-state index contributed by atoms with van der Waals surface area (Å²) in [6.45, 7) is 3.54. The molecule has 0 fully saturated rings. The smallest absolute Gasteiger partial charge is 0.339 e. The van der Waals surface area contributed by atoms with E-state index < -0.39 is 12.0 Å². The molecule has 0 saturated heterocycles. The first-order valence-electron chi connectivity index (χ1n) is 4.44. The first-order valence-corrected chi connectivity index (χ1v) is 4.44. The van der Waals surface area contributed by atoms with Crippen LogP contribution in [0.1, 0.15) is 31.5 Å². The van der Waals surface area contributed by atoms with Gasteiger partial charge in [-0.3, -0.25) is 0 Å². The van der Waals surface area contributed by atoms with Gasteiger partial charge < -0.3 is 9.84 Å². The van der Waals surface area contributed by atoms with Gasteiger partial charge in [-0.15, -0.1) is 0 Å². The second-order valence-corrected chi connectivity index (χ2v) is 3.32. The molecule has 1 rings (SSSR count). The second-order valence-electron chi connectivity index (χ2n) is 3.32. The van der Waals surface area contributed by atoms with Crippen molar-refractivity contribution in [3.8, 4) is 0 Å². The van der Waals surface area contributed by atoms with E-state index in [0.29, 0.717) is 0 Å². The summed E-state index contributed by atoms with van der Waals surface area (Å²) in [6.07, 6.45) is -4.55. The Kier molecular flexibility index (Phi) is 3.33. The zero-order valence-electron chi connectivity index (χ0n) is 8.59. The summed E-state index contributed by atoms with van der Waals surface area (Å²) in [5.41, 5.74) is 0. The molecule has 7 heteroatoms. The molecule has 0 radical (unpaired) electrons. The van der Waals surface area contributed by atoms with E-state index in [0.717, 1.165) is 0 Å². The average Bonchev–Trinajstić information content (AvgIpc) is 2.63. The van der Waals surface area contributed by atoms with Crippen molar-refractivity contribution >= 4 is 0 Å². The van der Waals surface area contributed by atoms with Gasteiger partial charge in [-0.1, -0.05) is 12.1 Å². The molecule has 2 atom stereocenters. The van der Waals surface area contributed by atoms with E-state index in [1.165, 1.54) is 0 Å². The first kappa shape index (κ1) is 12.0. The van der Waals surface area contributed by atoms with Gasteiger partial charge in [0.2, 0.25) is 5.89 Å². The van der Waals surface area contributed by atoms with Gasteiger partial charge in [-0.25, -0.2) is 0 Å². The summed E-state index contributed by atoms with van der Waals surface area (Å²) in [7, 11) is 1.71. The van der Waals surface area contributed by atoms with Crippen LogP contribution in [0.25, 0.3) is 0 Å². The number of halogens is 3. The van der Waals surface area contributed by atoms with E-state index in [-0.39, 0.29) is 17.9 Å². The summed E-state index contributed by atoms with van der Waals surface area (Å²) in [5.74, 6) is -1.50. The number of alkyl halides is 3. The van der Waals surface area contributed by atoms with Crippen molar-refractivity contribution in [1.82, 2.24) is 15.5 Å². The maximum atomic E-state index is 12.1. The summed E-state index contributed by atoms with van der Waals surface area (Å²) >= 11 is 0. The van der Waals surface area contributed by atoms with Crippen LogP contribution in [0.5, 0.6) is 0 Å². The van der Waals surface area contributed by atoms with Crippen molar-refractivity contribution in [1.29, 1.82) is 0 Å². The van der Waals surface area contributed by atoms with Gasteiger partial charge in [0.25, 0.3) is 5.82 Å². The molecule has 0 aliphatic heterocycles. The quantitative estimate of drug-likeness (QED) is 0.848. The average molecular weight is 223 g/mol. The topological polar surface area (TPSA) is 51.0 Å². The van der Waals surface area contributed by atoms with Crippen molar-refractivity contribution in [3.05, 3.63) is 11.7 Å². The maximum absolute atomic E-state index is 12.1. The van der Waals surface area contributed by atoms with E-state index >= 15 is 0 Å². The Balaban J connectivity index is 2.85. The minimum absolute atomic E-state index is 0.0100. The number of nitrogens with zero attached hydrogens (tertiary/aromatic N) is 2. The minimum atomic E-state index is -4.55. The number of nitrogens with one attached hydrogen (secondary N) is 1. The van der Waals surface area contributed by atoms with Crippen LogP contribution in [0.3, 0.4) is 0 Å². The Hall–Kier alpha value is -1.11. The van der Waals surface area contributed by atoms with E-state index in [1.807, 2.05) is 6.92 Å². The van der Waals surface area contributed by atoms with Crippen molar-refractivity contribution in [2.75, 3.05) is 7.05 Å². The Morgan fingerprint density at radius 1 is 1.33 bits per heavy atom. The standard InChI is InChI=1S/C8H12F3N3O/c1-4(5(2)12-3)6-13-7(14-15-6)8(9,10)11/h4-5,12H,1-3H3. The third-order valence-electron chi connectivity index (χ3n) is 2.29. The van der Waals surface area contributed by atoms with Crippen LogP contribution in [0.4, 0.5) is 13.2 Å². The third kappa shape index (κ3) is 2.68. The molecule has 1 N–H and O–H groups in total. The van der Waals surface area contributed by atoms with Crippen molar-refractivity contribution in [2.45, 2.75) is 32.0 Å². The number of rotatable bonds is 3. The molecule has 0 saturated carbocycles. The van der Waals surface area contributed by atoms with Crippen LogP contribution in [0.2, 0.25) is 0 Å². The molecule has 15 heavy (non-hydrogen) atoms. The summed E-state index contributed by atoms with van der Waals surface area (Å²) in [4.78, 5) is 3.31. The molecule has 86 valence electrons. The molecular weight excluding hydrogens is 211 g/mol. The van der Waals surface area contributed by atoms with Crippen LogP contribution in [0.15, 0.2) is 4.52 Å². The highest BCUT2D eigenvalue weighted by molar-refractivity contribution is 4.98. The third-order valence-corrected chi connectivity index (χ3v) is 2.29. The van der Waals surface area contributed by atoms with Gasteiger partial charge in [0, 0.05) is 6.04 Å². The van der Waals surface area contributed by atoms with Crippen molar-refractivity contribution in [3.63, 3.8) is 0 Å². The van der Waals surface area contributed by atoms with E-state index in [2.05, 4.69) is 20.0 Å². The van der Waals surface area contributed by atoms with E-state index in [9.17, 15) is 13.2 Å². The molecule has 1 heterocycles. The number of likely N-dealkylation sites (N-methyl/N-ethyl adjacent to an activating group) is 1. The maximum Gasteiger partial charge on any atom is 0.455 e. The largest absolute Gasteiger partial charge is 0.455 e. The molecule has 4 nitrogen and oxygen atoms in total. The molecule has 1 aromatic heterocycles. The Bertz CT molecular complexity index is 323. The van der Waals surface area contributed by atoms with Crippen LogP contribution in [0, 0.1) is 0 Å². The van der Waals surface area contributed by atoms with Gasteiger partial charge in [-0.05, 0) is 14.0 Å². The van der Waals surface area contributed by atoms with Crippen molar-refractivity contribution in [2.24, 2.45) is 0 Å². The van der Waals surface area contributed by atoms with E-state index in [1.54, 1.807) is 14.0 Å². The molecule has 0 aromatic carbocycles. The number of hydrogen-bond donors (Lipinski definition) is 1. The van der Waals surface area contributed by atoms with Crippen LogP contribution in [-0.4, -0.2) is 23.2 Å². The molecule has 0 bridgehead atoms. The number of hydrogen-bond acceptors (Lipinski definition) is 4. The first-order chi connectivity index (χ1) is 6.86. The molecular formula is C8H12F3N3O. The second kappa shape index (κ2) is 4.18. The molecule has 0 amide bonds. The number of aromatic nitrogens is 2. The molecule has 1 aromatic rings. The zero-order chi connectivity index (χ0) is 11.6. The highest BCUT2D eigenvalue weighted by Gasteiger charge is 2.38. The Morgan fingerprint density at radius 3 is 2.33 bits per heavy atom. The van der Waals surface area contributed by atoms with Gasteiger partial charge >= 0.3 is 6.18 Å². The molecule has 0 aliphatic rings. The lowest BCUT2D eigenvalue weighted by atomic mass is 10.0. The summed E-state index contributed by atoms with van der Waals surface area (Å²) < 4.78 is 41.0. The fourth-order valence-electron chi connectivity index (χ4n) is 0.999. The Labute approximate surface area is 84.9 Å². The predicted molar refractivity (Wildman–Crippen MR) is 46.2 cm³/mol. The summed E-state index contributed by atoms with van der Waals surface area (Å²) in [6, 6.07) is -0.0356. The van der Waals surface area contributed by atoms with Gasteiger partial charge in [0.05, 0.1) is 5.92 Å². The van der Waals surface area contributed by atoms with Gasteiger partial charge in [0.15, 0.2) is 0 Å². The lowest BCUT2D eigenvalue weighted by Crippen LogP contribution is -2.27. The lowest BCUT2D eigenvalue weighted by Gasteiger charge is -2.14. The van der Waals surface area contributed by atoms with Crippen LogP contribution in [-0.2, 0) is 6.18 Å². The highest BCUT2D eigenvalue weighted by Crippen LogP contribution is 2.28. The predicted octanol–water partition coefficient (Wildman–Crippen LogP) is 1.80. The summed E-state index contributed by atoms with van der Waals surface area (Å²) in [5, 5.41) is 5.79. The van der Waals surface area contributed by atoms with Gasteiger partial charge in [-0.2, -0.15) is 18.2 Å². The minimum Gasteiger partial charge on any atom is -0.339 e. The van der Waals surface area contributed by atoms with Crippen LogP contribution >= 0.6 is 0 Å². The SMILES string of the molecule is CNC(C)C(C)c1nc(C(F)(F)F)no1. The Morgan fingerprint density at radius 2 is 1.93 bits per heavy atom. The monoisotopic (exact) mass is 223 g/mol. The van der Waals surface area contributed by atoms with Crippen LogP contribution < -0.4 is 5.32 Å². The highest BCUT2D eigenvalue weighted by atomic mass is 19.4. The fraction of sp³-hybridized carbons (Fsp3) is 0.750. The molecule has 0 aliphatic carbocycles. The fourth-order valence-corrected chi connectivity index (χ4v) is 0.999. The van der Waals surface area contributed by atoms with Gasteiger partial charge in [0.1, 0.15) is 0 Å². The normalized spacial score (nSPS) is 16.4. The molecule has 0 spiro atoms. The van der Waals surface area contributed by atoms with E-state index in [4.69, 9.17) is 0 Å². The lowest BCUT2D eigenvalue weighted by molar-refractivity contribution is -0.146. The molecule has 2 unspecified atom stereocenters. The zero-order valence-corrected chi connectivity index (χ0v) is 8.59.